The van der Waals surface area contributed by atoms with E-state index >= 15 is 0 Å². The van der Waals surface area contributed by atoms with Crippen LogP contribution in [0.1, 0.15) is 43.2 Å². The van der Waals surface area contributed by atoms with Crippen LogP contribution in [0.5, 0.6) is 0 Å². The minimum Gasteiger partial charge on any atom is -0.374 e. The Morgan fingerprint density at radius 1 is 1.20 bits per heavy atom. The van der Waals surface area contributed by atoms with Gasteiger partial charge >= 0.3 is 0 Å². The van der Waals surface area contributed by atoms with E-state index in [0.717, 1.165) is 13.1 Å². The molecule has 20 heavy (non-hydrogen) atoms. The maximum absolute atomic E-state index is 3.59. The number of anilines is 1. The maximum Gasteiger partial charge on any atom is 0.0396 e. The van der Waals surface area contributed by atoms with Crippen LogP contribution in [0.25, 0.3) is 0 Å². The average Bonchev–Trinajstić information content (AvgIpc) is 2.97. The van der Waals surface area contributed by atoms with Crippen LogP contribution in [-0.4, -0.2) is 20.1 Å². The van der Waals surface area contributed by atoms with Gasteiger partial charge < -0.3 is 10.2 Å². The number of rotatable bonds is 5. The zero-order chi connectivity index (χ0) is 13.8. The van der Waals surface area contributed by atoms with Gasteiger partial charge in [-0.25, -0.2) is 0 Å². The molecule has 0 saturated heterocycles. The monoisotopic (exact) mass is 270 g/mol. The van der Waals surface area contributed by atoms with Crippen LogP contribution in [0.4, 0.5) is 5.69 Å². The fraction of sp³-hybridized carbons (Fsp3) is 0.556. The zero-order valence-corrected chi connectivity index (χ0v) is 12.6. The lowest BCUT2D eigenvalue weighted by Crippen LogP contribution is -2.25. The quantitative estimate of drug-likeness (QED) is 0.649. The molecule has 1 aliphatic carbocycles. The summed E-state index contributed by atoms with van der Waals surface area (Å²) in [7, 11) is 2.20. The van der Waals surface area contributed by atoms with Crippen molar-refractivity contribution in [2.45, 2.75) is 45.1 Å². The molecule has 2 aliphatic rings. The molecule has 2 heteroatoms. The highest BCUT2D eigenvalue weighted by atomic mass is 15.1. The Morgan fingerprint density at radius 3 is 3.00 bits per heavy atom. The third kappa shape index (κ3) is 3.24. The molecule has 108 valence electrons. The second-order valence-electron chi connectivity index (χ2n) is 6.17. The van der Waals surface area contributed by atoms with Crippen molar-refractivity contribution >= 4 is 5.69 Å². The van der Waals surface area contributed by atoms with Crippen molar-refractivity contribution in [2.75, 3.05) is 25.0 Å². The van der Waals surface area contributed by atoms with Crippen LogP contribution >= 0.6 is 0 Å². The van der Waals surface area contributed by atoms with E-state index in [9.17, 15) is 0 Å². The summed E-state index contributed by atoms with van der Waals surface area (Å²) >= 11 is 0. The van der Waals surface area contributed by atoms with Gasteiger partial charge in [-0.1, -0.05) is 23.8 Å². The molecule has 0 unspecified atom stereocenters. The highest BCUT2D eigenvalue weighted by Crippen LogP contribution is 2.26. The highest BCUT2D eigenvalue weighted by molar-refractivity contribution is 5.56. The molecule has 0 aromatic heterocycles. The minimum atomic E-state index is 1.00. The van der Waals surface area contributed by atoms with Crippen LogP contribution in [0.15, 0.2) is 29.8 Å². The molecular weight excluding hydrogens is 244 g/mol. The molecule has 3 rings (SSSR count). The first kappa shape index (κ1) is 13.7. The molecule has 0 radical (unpaired) electrons. The van der Waals surface area contributed by atoms with E-state index in [4.69, 9.17) is 0 Å². The Kier molecular flexibility index (Phi) is 4.41. The van der Waals surface area contributed by atoms with E-state index in [2.05, 4.69) is 41.5 Å². The van der Waals surface area contributed by atoms with Crippen LogP contribution in [0, 0.1) is 0 Å². The molecule has 0 saturated carbocycles. The summed E-state index contributed by atoms with van der Waals surface area (Å²) in [6.07, 6.45) is 10.2. The molecule has 1 aliphatic heterocycles. The molecule has 1 N–H and O–H groups in total. The molecule has 0 spiro atoms. The van der Waals surface area contributed by atoms with Crippen molar-refractivity contribution < 1.29 is 0 Å². The number of fused-ring (bicyclic) bond motifs is 1. The second-order valence-corrected chi connectivity index (χ2v) is 6.17. The topological polar surface area (TPSA) is 15.3 Å². The lowest BCUT2D eigenvalue weighted by Gasteiger charge is -2.27. The fourth-order valence-electron chi connectivity index (χ4n) is 3.39. The molecular formula is C18H26N2. The van der Waals surface area contributed by atoms with Crippen LogP contribution in [-0.2, 0) is 13.0 Å². The van der Waals surface area contributed by atoms with E-state index in [1.54, 1.807) is 5.57 Å². The van der Waals surface area contributed by atoms with Gasteiger partial charge in [0.2, 0.25) is 0 Å². The Labute approximate surface area is 122 Å². The van der Waals surface area contributed by atoms with Gasteiger partial charge in [-0.2, -0.15) is 0 Å². The van der Waals surface area contributed by atoms with Crippen molar-refractivity contribution in [3.63, 3.8) is 0 Å². The second kappa shape index (κ2) is 6.45. The average molecular weight is 270 g/mol. The van der Waals surface area contributed by atoms with E-state index in [-0.39, 0.29) is 0 Å². The highest BCUT2D eigenvalue weighted by Gasteiger charge is 2.13. The lowest BCUT2D eigenvalue weighted by molar-refractivity contribution is 0.673. The minimum absolute atomic E-state index is 1.00. The summed E-state index contributed by atoms with van der Waals surface area (Å²) in [5, 5.41) is 3.59. The molecule has 1 heterocycles. The number of nitrogens with one attached hydrogen (secondary N) is 1. The van der Waals surface area contributed by atoms with Gasteiger partial charge in [0.05, 0.1) is 0 Å². The Hall–Kier alpha value is -1.28. The van der Waals surface area contributed by atoms with Crippen molar-refractivity contribution in [3.8, 4) is 0 Å². The van der Waals surface area contributed by atoms with E-state index < -0.39 is 0 Å². The first-order chi connectivity index (χ1) is 9.83. The van der Waals surface area contributed by atoms with Gasteiger partial charge in [-0.15, -0.1) is 0 Å². The van der Waals surface area contributed by atoms with E-state index in [1.165, 1.54) is 61.9 Å². The Morgan fingerprint density at radius 2 is 2.15 bits per heavy atom. The van der Waals surface area contributed by atoms with Crippen LogP contribution < -0.4 is 10.2 Å². The third-order valence-corrected chi connectivity index (χ3v) is 4.58. The van der Waals surface area contributed by atoms with Crippen LogP contribution in [0.2, 0.25) is 0 Å². The summed E-state index contributed by atoms with van der Waals surface area (Å²) in [6.45, 7) is 3.31. The largest absolute Gasteiger partial charge is 0.374 e. The van der Waals surface area contributed by atoms with Gasteiger partial charge in [-0.3, -0.25) is 0 Å². The Balaban J connectivity index is 1.50. The predicted octanol–water partition coefficient (Wildman–Crippen LogP) is 3.66. The summed E-state index contributed by atoms with van der Waals surface area (Å²) in [4.78, 5) is 2.38. The van der Waals surface area contributed by atoms with E-state index in [1.807, 2.05) is 0 Å². The number of hydrogen-bond donors (Lipinski definition) is 1. The zero-order valence-electron chi connectivity index (χ0n) is 12.6. The molecule has 0 bridgehead atoms. The van der Waals surface area contributed by atoms with Gasteiger partial charge in [0.1, 0.15) is 0 Å². The first-order valence-corrected chi connectivity index (χ1v) is 8.04. The molecule has 1 aromatic rings. The number of allylic oxidation sites excluding steroid dienone is 1. The summed E-state index contributed by atoms with van der Waals surface area (Å²) in [5.41, 5.74) is 6.04. The molecule has 0 fully saturated rings. The lowest BCUT2D eigenvalue weighted by atomic mass is 9.99. The van der Waals surface area contributed by atoms with E-state index in [0.29, 0.717) is 0 Å². The van der Waals surface area contributed by atoms with Crippen molar-refractivity contribution in [2.24, 2.45) is 0 Å². The number of aryl methyl sites for hydroxylation is 1. The normalized spacial score (nSPS) is 18.1. The Bertz CT molecular complexity index is 490. The number of hydrogen-bond acceptors (Lipinski definition) is 2. The molecule has 2 nitrogen and oxygen atoms in total. The predicted molar refractivity (Wildman–Crippen MR) is 86.3 cm³/mol. The summed E-state index contributed by atoms with van der Waals surface area (Å²) in [6, 6.07) is 6.97. The number of nitrogens with zero attached hydrogens (tertiary/aromatic N) is 1. The standard InChI is InChI=1S/C18H26N2/c1-20-12-4-7-17-13-16(8-9-18(17)20)14-19-11-10-15-5-2-3-6-15/h5,8-9,13,19H,2-4,6-7,10-12,14H2,1H3. The van der Waals surface area contributed by atoms with Gasteiger partial charge in [0.25, 0.3) is 0 Å². The fourth-order valence-corrected chi connectivity index (χ4v) is 3.39. The molecule has 0 amide bonds. The molecule has 1 aromatic carbocycles. The van der Waals surface area contributed by atoms with Gasteiger partial charge in [0.15, 0.2) is 0 Å². The van der Waals surface area contributed by atoms with Crippen molar-refractivity contribution in [3.05, 3.63) is 41.0 Å². The van der Waals surface area contributed by atoms with Gasteiger partial charge in [0, 0.05) is 25.8 Å². The summed E-state index contributed by atoms with van der Waals surface area (Å²) < 4.78 is 0. The maximum atomic E-state index is 3.59. The number of benzene rings is 1. The SMILES string of the molecule is CN1CCCc2cc(CNCCC3=CCCC3)ccc21. The van der Waals surface area contributed by atoms with Crippen LogP contribution in [0.3, 0.4) is 0 Å². The first-order valence-electron chi connectivity index (χ1n) is 8.04. The van der Waals surface area contributed by atoms with Gasteiger partial charge in [-0.05, 0) is 62.3 Å². The van der Waals surface area contributed by atoms with Crippen molar-refractivity contribution in [1.82, 2.24) is 5.32 Å². The van der Waals surface area contributed by atoms with Crippen molar-refractivity contribution in [1.29, 1.82) is 0 Å². The smallest absolute Gasteiger partial charge is 0.0396 e. The third-order valence-electron chi connectivity index (χ3n) is 4.58. The summed E-state index contributed by atoms with van der Waals surface area (Å²) in [5.74, 6) is 0. The molecule has 0 atom stereocenters.